The van der Waals surface area contributed by atoms with Gasteiger partial charge in [-0.2, -0.15) is 0 Å². The minimum atomic E-state index is -0.215. The monoisotopic (exact) mass is 343 g/mol. The second-order valence-corrected chi connectivity index (χ2v) is 5.57. The minimum Gasteiger partial charge on any atom is -0.313 e. The van der Waals surface area contributed by atoms with Crippen molar-refractivity contribution in [2.24, 2.45) is 0 Å². The summed E-state index contributed by atoms with van der Waals surface area (Å²) in [5.41, 5.74) is -0.215. The number of nitrogens with zero attached hydrogens (tertiary/aromatic N) is 5. The molecule has 1 aliphatic rings. The molecule has 2 aromatic rings. The van der Waals surface area contributed by atoms with Crippen LogP contribution in [0.4, 0.5) is 0 Å². The van der Waals surface area contributed by atoms with E-state index in [9.17, 15) is 4.79 Å². The zero-order valence-electron chi connectivity index (χ0n) is 10.0. The Kier molecular flexibility index (Phi) is 3.40. The minimum absolute atomic E-state index is 0.171. The zero-order chi connectivity index (χ0) is 13.4. The summed E-state index contributed by atoms with van der Waals surface area (Å²) in [7, 11) is 0. The molecule has 0 saturated heterocycles. The number of hydrogen-bond acceptors (Lipinski definition) is 4. The third kappa shape index (κ3) is 2.32. The number of halogens is 2. The summed E-state index contributed by atoms with van der Waals surface area (Å²) in [6.07, 6.45) is 4.64. The smallest absolute Gasteiger partial charge is 0.269 e. The van der Waals surface area contributed by atoms with Gasteiger partial charge in [-0.05, 0) is 28.8 Å². The number of hydrogen-bond donors (Lipinski definition) is 0. The van der Waals surface area contributed by atoms with Crippen molar-refractivity contribution < 1.29 is 0 Å². The summed E-state index contributed by atoms with van der Waals surface area (Å²) in [4.78, 5) is 16.0. The van der Waals surface area contributed by atoms with Crippen LogP contribution in [0.1, 0.15) is 24.5 Å². The van der Waals surface area contributed by atoms with Gasteiger partial charge < -0.3 is 4.57 Å². The van der Waals surface area contributed by atoms with E-state index in [-0.39, 0.29) is 15.2 Å². The molecule has 0 fully saturated rings. The number of aryl methyl sites for hydroxylation is 1. The maximum absolute atomic E-state index is 12.0. The van der Waals surface area contributed by atoms with Crippen LogP contribution in [-0.2, 0) is 19.5 Å². The molecule has 1 aliphatic heterocycles. The number of fused-ring (bicyclic) bond motifs is 1. The first-order chi connectivity index (χ1) is 9.16. The van der Waals surface area contributed by atoms with Crippen LogP contribution < -0.4 is 5.56 Å². The Morgan fingerprint density at radius 3 is 3.05 bits per heavy atom. The van der Waals surface area contributed by atoms with Crippen LogP contribution in [0, 0.1) is 0 Å². The lowest BCUT2D eigenvalue weighted by Gasteiger charge is -2.15. The fourth-order valence-electron chi connectivity index (χ4n) is 2.19. The fourth-order valence-corrected chi connectivity index (χ4v) is 2.65. The molecule has 0 spiro atoms. The van der Waals surface area contributed by atoms with Crippen LogP contribution in [0.25, 0.3) is 0 Å². The SMILES string of the molecule is O=c1c(Br)c(Cl)ncn1Cc1nnc2n1CCCC2. The summed E-state index contributed by atoms with van der Waals surface area (Å²) in [6.45, 7) is 1.27. The predicted molar refractivity (Wildman–Crippen MR) is 73.3 cm³/mol. The molecule has 19 heavy (non-hydrogen) atoms. The summed E-state index contributed by atoms with van der Waals surface area (Å²) < 4.78 is 3.83. The first kappa shape index (κ1) is 12.8. The van der Waals surface area contributed by atoms with Crippen LogP contribution in [-0.4, -0.2) is 24.3 Å². The van der Waals surface area contributed by atoms with Crippen LogP contribution in [0.5, 0.6) is 0 Å². The second kappa shape index (κ2) is 5.05. The van der Waals surface area contributed by atoms with Gasteiger partial charge in [0.05, 0.1) is 12.9 Å². The molecule has 8 heteroatoms. The maximum atomic E-state index is 12.0. The Hall–Kier alpha value is -1.21. The average molecular weight is 345 g/mol. The highest BCUT2D eigenvalue weighted by atomic mass is 79.9. The molecule has 6 nitrogen and oxygen atoms in total. The van der Waals surface area contributed by atoms with Crippen molar-refractivity contribution in [1.82, 2.24) is 24.3 Å². The summed E-state index contributed by atoms with van der Waals surface area (Å²) in [5.74, 6) is 1.78. The standard InChI is InChI=1S/C11H11BrClN5O/c12-9-10(13)14-6-17(11(9)19)5-8-16-15-7-3-1-2-4-18(7)8/h6H,1-5H2. The van der Waals surface area contributed by atoms with Gasteiger partial charge in [-0.1, -0.05) is 11.6 Å². The first-order valence-electron chi connectivity index (χ1n) is 5.98. The van der Waals surface area contributed by atoms with Gasteiger partial charge in [0.25, 0.3) is 5.56 Å². The Bertz CT molecular complexity index is 680. The Balaban J connectivity index is 1.96. The Morgan fingerprint density at radius 2 is 2.21 bits per heavy atom. The topological polar surface area (TPSA) is 65.6 Å². The summed E-state index contributed by atoms with van der Waals surface area (Å²) >= 11 is 8.92. The molecule has 0 aromatic carbocycles. The van der Waals surface area contributed by atoms with Crippen molar-refractivity contribution >= 4 is 27.5 Å². The highest BCUT2D eigenvalue weighted by Gasteiger charge is 2.17. The molecule has 0 aliphatic carbocycles. The summed E-state index contributed by atoms with van der Waals surface area (Å²) in [6, 6.07) is 0. The molecule has 0 N–H and O–H groups in total. The largest absolute Gasteiger partial charge is 0.313 e. The van der Waals surface area contributed by atoms with Crippen LogP contribution in [0.3, 0.4) is 0 Å². The van der Waals surface area contributed by atoms with E-state index in [0.29, 0.717) is 6.54 Å². The van der Waals surface area contributed by atoms with Gasteiger partial charge in [0.15, 0.2) is 11.0 Å². The molecule has 3 rings (SSSR count). The molecule has 0 amide bonds. The molecule has 2 aromatic heterocycles. The van der Waals surface area contributed by atoms with E-state index in [1.807, 2.05) is 0 Å². The Morgan fingerprint density at radius 1 is 1.37 bits per heavy atom. The van der Waals surface area contributed by atoms with Crippen molar-refractivity contribution in [2.45, 2.75) is 32.4 Å². The van der Waals surface area contributed by atoms with Gasteiger partial charge in [-0.15, -0.1) is 10.2 Å². The van der Waals surface area contributed by atoms with E-state index in [1.54, 1.807) is 0 Å². The van der Waals surface area contributed by atoms with E-state index in [1.165, 1.54) is 10.9 Å². The molecule has 0 bridgehead atoms. The van der Waals surface area contributed by atoms with Crippen LogP contribution >= 0.6 is 27.5 Å². The third-order valence-electron chi connectivity index (χ3n) is 3.19. The molecule has 3 heterocycles. The zero-order valence-corrected chi connectivity index (χ0v) is 12.4. The van der Waals surface area contributed by atoms with Crippen molar-refractivity contribution in [3.8, 4) is 0 Å². The number of aromatic nitrogens is 5. The first-order valence-corrected chi connectivity index (χ1v) is 7.15. The van der Waals surface area contributed by atoms with E-state index in [0.717, 1.165) is 37.5 Å². The van der Waals surface area contributed by atoms with Gasteiger partial charge in [0.2, 0.25) is 0 Å². The molecule has 0 atom stereocenters. The highest BCUT2D eigenvalue weighted by molar-refractivity contribution is 9.10. The van der Waals surface area contributed by atoms with Crippen LogP contribution in [0.15, 0.2) is 15.6 Å². The quantitative estimate of drug-likeness (QED) is 0.777. The maximum Gasteiger partial charge on any atom is 0.269 e. The van der Waals surface area contributed by atoms with E-state index < -0.39 is 0 Å². The van der Waals surface area contributed by atoms with Crippen molar-refractivity contribution in [2.75, 3.05) is 0 Å². The van der Waals surface area contributed by atoms with Crippen molar-refractivity contribution in [3.63, 3.8) is 0 Å². The van der Waals surface area contributed by atoms with E-state index >= 15 is 0 Å². The van der Waals surface area contributed by atoms with Crippen LogP contribution in [0.2, 0.25) is 5.15 Å². The normalized spacial score (nSPS) is 14.4. The number of rotatable bonds is 2. The van der Waals surface area contributed by atoms with E-state index in [4.69, 9.17) is 11.6 Å². The van der Waals surface area contributed by atoms with Gasteiger partial charge in [0.1, 0.15) is 10.3 Å². The molecule has 0 saturated carbocycles. The molecule has 100 valence electrons. The Labute approximate surface area is 122 Å². The van der Waals surface area contributed by atoms with Crippen molar-refractivity contribution in [3.05, 3.63) is 38.0 Å². The second-order valence-electron chi connectivity index (χ2n) is 4.42. The lowest BCUT2D eigenvalue weighted by atomic mass is 10.2. The van der Waals surface area contributed by atoms with Gasteiger partial charge in [0, 0.05) is 13.0 Å². The third-order valence-corrected chi connectivity index (χ3v) is 4.42. The highest BCUT2D eigenvalue weighted by Crippen LogP contribution is 2.16. The summed E-state index contributed by atoms with van der Waals surface area (Å²) in [5, 5.41) is 8.50. The molecule has 0 radical (unpaired) electrons. The van der Waals surface area contributed by atoms with Gasteiger partial charge in [-0.25, -0.2) is 4.98 Å². The molecule has 0 unspecified atom stereocenters. The molecular weight excluding hydrogens is 334 g/mol. The predicted octanol–water partition coefficient (Wildman–Crippen LogP) is 1.64. The van der Waals surface area contributed by atoms with Gasteiger partial charge in [-0.3, -0.25) is 9.36 Å². The van der Waals surface area contributed by atoms with Gasteiger partial charge >= 0.3 is 0 Å². The van der Waals surface area contributed by atoms with E-state index in [2.05, 4.69) is 35.7 Å². The lowest BCUT2D eigenvalue weighted by molar-refractivity contribution is 0.499. The molecular formula is C11H11BrClN5O. The average Bonchev–Trinajstić information content (AvgIpc) is 2.83. The fraction of sp³-hybridized carbons (Fsp3) is 0.455. The van der Waals surface area contributed by atoms with Crippen molar-refractivity contribution in [1.29, 1.82) is 0 Å². The lowest BCUT2D eigenvalue weighted by Crippen LogP contribution is -2.24.